The summed E-state index contributed by atoms with van der Waals surface area (Å²) in [4.78, 5) is 0.337. The molecule has 1 aliphatic rings. The highest BCUT2D eigenvalue weighted by molar-refractivity contribution is 7.89. The molecular weight excluding hydrogens is 272 g/mol. The predicted molar refractivity (Wildman–Crippen MR) is 82.4 cm³/mol. The first-order valence-electron chi connectivity index (χ1n) is 6.68. The molecule has 1 N–H and O–H groups in total. The predicted octanol–water partition coefficient (Wildman–Crippen LogP) is 2.41. The van der Waals surface area contributed by atoms with Gasteiger partial charge in [-0.25, -0.2) is 8.42 Å². The van der Waals surface area contributed by atoms with Crippen molar-refractivity contribution in [2.45, 2.75) is 17.7 Å². The first-order chi connectivity index (χ1) is 9.59. The Bertz CT molecular complexity index is 598. The van der Waals surface area contributed by atoms with Crippen molar-refractivity contribution in [1.29, 1.82) is 0 Å². The lowest BCUT2D eigenvalue weighted by atomic mass is 10.0. The average molecular weight is 292 g/mol. The van der Waals surface area contributed by atoms with Gasteiger partial charge in [-0.15, -0.1) is 13.2 Å². The van der Waals surface area contributed by atoms with Crippen molar-refractivity contribution in [3.8, 4) is 0 Å². The number of nitrogens with zero attached hydrogens (tertiary/aromatic N) is 1. The van der Waals surface area contributed by atoms with E-state index in [1.54, 1.807) is 24.3 Å². The van der Waals surface area contributed by atoms with Gasteiger partial charge >= 0.3 is 0 Å². The van der Waals surface area contributed by atoms with Gasteiger partial charge in [0, 0.05) is 25.3 Å². The Balaban J connectivity index is 2.37. The normalized spacial score (nSPS) is 14.4. The summed E-state index contributed by atoms with van der Waals surface area (Å²) < 4.78 is 26.6. The minimum atomic E-state index is -3.50. The van der Waals surface area contributed by atoms with Crippen LogP contribution < -0.4 is 5.32 Å². The molecule has 4 nitrogen and oxygen atoms in total. The van der Waals surface area contributed by atoms with Crippen LogP contribution in [0.15, 0.2) is 48.4 Å². The third-order valence-corrected chi connectivity index (χ3v) is 5.15. The highest BCUT2D eigenvalue weighted by atomic mass is 32.2. The number of nitrogens with one attached hydrogen (secondary N) is 1. The number of aryl methyl sites for hydroxylation is 1. The smallest absolute Gasteiger partial charge is 0.243 e. The maximum Gasteiger partial charge on any atom is 0.243 e. The number of fused-ring (bicyclic) bond motifs is 1. The zero-order valence-electron chi connectivity index (χ0n) is 11.5. The summed E-state index contributed by atoms with van der Waals surface area (Å²) in [6.07, 6.45) is 5.11. The molecule has 2 rings (SSSR count). The van der Waals surface area contributed by atoms with Crippen LogP contribution in [0, 0.1) is 0 Å². The van der Waals surface area contributed by atoms with Gasteiger partial charge < -0.3 is 5.32 Å². The van der Waals surface area contributed by atoms with Crippen LogP contribution in [0.3, 0.4) is 0 Å². The largest absolute Gasteiger partial charge is 0.385 e. The number of rotatable bonds is 6. The van der Waals surface area contributed by atoms with E-state index in [1.807, 2.05) is 6.07 Å². The lowest BCUT2D eigenvalue weighted by Gasteiger charge is -2.22. The minimum Gasteiger partial charge on any atom is -0.385 e. The zero-order valence-corrected chi connectivity index (χ0v) is 12.3. The first-order valence-corrected chi connectivity index (χ1v) is 8.12. The van der Waals surface area contributed by atoms with E-state index in [2.05, 4.69) is 18.5 Å². The molecule has 0 saturated heterocycles. The maximum atomic E-state index is 12.6. The van der Waals surface area contributed by atoms with Gasteiger partial charge in [0.2, 0.25) is 10.0 Å². The van der Waals surface area contributed by atoms with Gasteiger partial charge in [0.1, 0.15) is 0 Å². The summed E-state index contributed by atoms with van der Waals surface area (Å²) in [6, 6.07) is 5.28. The lowest BCUT2D eigenvalue weighted by Crippen LogP contribution is -2.31. The minimum absolute atomic E-state index is 0.281. The molecule has 0 fully saturated rings. The SMILES string of the molecule is C=CCN(CC=C)S(=O)(=O)c1ccc2c(c1)CCCN2. The van der Waals surface area contributed by atoms with E-state index in [-0.39, 0.29) is 13.1 Å². The molecular formula is C15H20N2O2S. The van der Waals surface area contributed by atoms with Crippen LogP contribution in [0.25, 0.3) is 0 Å². The number of anilines is 1. The van der Waals surface area contributed by atoms with E-state index in [4.69, 9.17) is 0 Å². The molecule has 0 aliphatic carbocycles. The fourth-order valence-electron chi connectivity index (χ4n) is 2.32. The van der Waals surface area contributed by atoms with Crippen LogP contribution in [-0.2, 0) is 16.4 Å². The second-order valence-corrected chi connectivity index (χ2v) is 6.69. The number of sulfonamides is 1. The van der Waals surface area contributed by atoms with Crippen LogP contribution in [0.2, 0.25) is 0 Å². The molecule has 108 valence electrons. The summed E-state index contributed by atoms with van der Waals surface area (Å²) >= 11 is 0. The molecule has 0 aromatic heterocycles. The van der Waals surface area contributed by atoms with Gasteiger partial charge in [-0.05, 0) is 36.6 Å². The topological polar surface area (TPSA) is 49.4 Å². The quantitative estimate of drug-likeness (QED) is 0.819. The maximum absolute atomic E-state index is 12.6. The van der Waals surface area contributed by atoms with Gasteiger partial charge in [0.25, 0.3) is 0 Å². The van der Waals surface area contributed by atoms with Crippen LogP contribution in [0.1, 0.15) is 12.0 Å². The van der Waals surface area contributed by atoms with Gasteiger partial charge in [-0.1, -0.05) is 12.2 Å². The molecule has 0 bridgehead atoms. The summed E-state index contributed by atoms with van der Waals surface area (Å²) in [5.74, 6) is 0. The van der Waals surface area contributed by atoms with Gasteiger partial charge in [0.15, 0.2) is 0 Å². The molecule has 5 heteroatoms. The van der Waals surface area contributed by atoms with E-state index in [1.165, 1.54) is 4.31 Å². The zero-order chi connectivity index (χ0) is 14.6. The van der Waals surface area contributed by atoms with Crippen molar-refractivity contribution >= 4 is 15.7 Å². The third kappa shape index (κ3) is 2.94. The van der Waals surface area contributed by atoms with Crippen LogP contribution in [-0.4, -0.2) is 32.4 Å². The van der Waals surface area contributed by atoms with Crippen molar-refractivity contribution < 1.29 is 8.42 Å². The van der Waals surface area contributed by atoms with E-state index < -0.39 is 10.0 Å². The number of hydrogen-bond donors (Lipinski definition) is 1. The van der Waals surface area contributed by atoms with Crippen molar-refractivity contribution in [2.24, 2.45) is 0 Å². The fraction of sp³-hybridized carbons (Fsp3) is 0.333. The Kier molecular flexibility index (Phi) is 4.62. The molecule has 1 aromatic carbocycles. The van der Waals surface area contributed by atoms with Crippen LogP contribution in [0.4, 0.5) is 5.69 Å². The Morgan fingerprint density at radius 3 is 2.60 bits per heavy atom. The molecule has 0 radical (unpaired) electrons. The highest BCUT2D eigenvalue weighted by Crippen LogP contribution is 2.26. The first kappa shape index (κ1) is 14.8. The van der Waals surface area contributed by atoms with Crippen LogP contribution in [0.5, 0.6) is 0 Å². The van der Waals surface area contributed by atoms with Crippen molar-refractivity contribution in [2.75, 3.05) is 25.0 Å². The molecule has 0 unspecified atom stereocenters. The van der Waals surface area contributed by atoms with Crippen molar-refractivity contribution in [3.05, 3.63) is 49.1 Å². The summed E-state index contributed by atoms with van der Waals surface area (Å²) in [6.45, 7) is 8.72. The molecule has 1 aliphatic heterocycles. The molecule has 0 atom stereocenters. The highest BCUT2D eigenvalue weighted by Gasteiger charge is 2.23. The standard InChI is InChI=1S/C15H20N2O2S/c1-3-10-17(11-4-2)20(18,19)14-7-8-15-13(12-14)6-5-9-16-15/h3-4,7-8,12,16H,1-2,5-6,9-11H2. The van der Waals surface area contributed by atoms with Crippen LogP contribution >= 0.6 is 0 Å². The lowest BCUT2D eigenvalue weighted by molar-refractivity contribution is 0.474. The second kappa shape index (κ2) is 6.24. The monoisotopic (exact) mass is 292 g/mol. The Hall–Kier alpha value is -1.59. The molecule has 0 spiro atoms. The third-order valence-electron chi connectivity index (χ3n) is 3.32. The van der Waals surface area contributed by atoms with E-state index in [0.29, 0.717) is 4.90 Å². The van der Waals surface area contributed by atoms with E-state index in [9.17, 15) is 8.42 Å². The fourth-order valence-corrected chi connectivity index (χ4v) is 3.75. The molecule has 1 heterocycles. The average Bonchev–Trinajstić information content (AvgIpc) is 2.46. The van der Waals surface area contributed by atoms with E-state index in [0.717, 1.165) is 30.6 Å². The Morgan fingerprint density at radius 2 is 1.95 bits per heavy atom. The summed E-state index contributed by atoms with van der Waals surface area (Å²) in [7, 11) is -3.50. The Labute approximate surface area is 120 Å². The van der Waals surface area contributed by atoms with E-state index >= 15 is 0 Å². The molecule has 0 amide bonds. The summed E-state index contributed by atoms with van der Waals surface area (Å²) in [5, 5.41) is 3.28. The van der Waals surface area contributed by atoms with Gasteiger partial charge in [0.05, 0.1) is 4.90 Å². The van der Waals surface area contributed by atoms with Gasteiger partial charge in [-0.2, -0.15) is 4.31 Å². The van der Waals surface area contributed by atoms with Gasteiger partial charge in [-0.3, -0.25) is 0 Å². The second-order valence-electron chi connectivity index (χ2n) is 4.75. The molecule has 1 aromatic rings. The summed E-state index contributed by atoms with van der Waals surface area (Å²) in [5.41, 5.74) is 2.10. The number of hydrogen-bond acceptors (Lipinski definition) is 3. The molecule has 0 saturated carbocycles. The van der Waals surface area contributed by atoms with Crippen molar-refractivity contribution in [3.63, 3.8) is 0 Å². The molecule has 20 heavy (non-hydrogen) atoms. The van der Waals surface area contributed by atoms with Crippen molar-refractivity contribution in [1.82, 2.24) is 4.31 Å². The number of benzene rings is 1. The Morgan fingerprint density at radius 1 is 1.25 bits per heavy atom.